The Balaban J connectivity index is 1.50. The number of aliphatic hydroxyl groups excluding tert-OH is 1. The zero-order chi connectivity index (χ0) is 16.8. The first-order valence-electron chi connectivity index (χ1n) is 9.10. The zero-order valence-electron chi connectivity index (χ0n) is 14.4. The van der Waals surface area contributed by atoms with Crippen molar-refractivity contribution >= 4 is 0 Å². The van der Waals surface area contributed by atoms with E-state index < -0.39 is 5.60 Å². The summed E-state index contributed by atoms with van der Waals surface area (Å²) in [6.07, 6.45) is 2.58. The lowest BCUT2D eigenvalue weighted by molar-refractivity contribution is -0.0684. The summed E-state index contributed by atoms with van der Waals surface area (Å²) in [4.78, 5) is 4.85. The molecule has 1 atom stereocenters. The van der Waals surface area contributed by atoms with E-state index in [1.165, 1.54) is 5.56 Å². The first-order chi connectivity index (χ1) is 11.7. The SMILES string of the molecule is OCC1(O)CCN(C[C@H]2CN(Cc3ccccc3)CCCO2)CC1. The van der Waals surface area contributed by atoms with E-state index >= 15 is 0 Å². The van der Waals surface area contributed by atoms with E-state index in [9.17, 15) is 10.2 Å². The molecular formula is C19H30N2O3. The van der Waals surface area contributed by atoms with Crippen molar-refractivity contribution in [2.45, 2.75) is 37.5 Å². The number of likely N-dealkylation sites (tertiary alicyclic amines) is 1. The topological polar surface area (TPSA) is 56.2 Å². The molecule has 0 aliphatic carbocycles. The second-order valence-electron chi connectivity index (χ2n) is 7.25. The van der Waals surface area contributed by atoms with Crippen LogP contribution in [-0.4, -0.2) is 77.7 Å². The molecule has 0 bridgehead atoms. The van der Waals surface area contributed by atoms with Crippen molar-refractivity contribution in [1.29, 1.82) is 0 Å². The molecule has 1 aromatic rings. The predicted molar refractivity (Wildman–Crippen MR) is 93.8 cm³/mol. The van der Waals surface area contributed by atoms with Gasteiger partial charge in [-0.25, -0.2) is 0 Å². The molecule has 2 fully saturated rings. The smallest absolute Gasteiger partial charge is 0.0901 e. The van der Waals surface area contributed by atoms with Gasteiger partial charge in [0.15, 0.2) is 0 Å². The minimum Gasteiger partial charge on any atom is -0.393 e. The maximum Gasteiger partial charge on any atom is 0.0901 e. The van der Waals surface area contributed by atoms with Gasteiger partial charge in [-0.15, -0.1) is 0 Å². The van der Waals surface area contributed by atoms with E-state index in [4.69, 9.17) is 4.74 Å². The molecule has 0 spiro atoms. The summed E-state index contributed by atoms with van der Waals surface area (Å²) in [6, 6.07) is 10.6. The summed E-state index contributed by atoms with van der Waals surface area (Å²) in [5.41, 5.74) is 0.476. The normalized spacial score (nSPS) is 26.2. The molecule has 2 N–H and O–H groups in total. The molecule has 2 saturated heterocycles. The third-order valence-corrected chi connectivity index (χ3v) is 5.23. The molecule has 2 aliphatic rings. The second kappa shape index (κ2) is 8.41. The maximum absolute atomic E-state index is 10.1. The van der Waals surface area contributed by atoms with Gasteiger partial charge in [0, 0.05) is 45.9 Å². The number of hydrogen-bond acceptors (Lipinski definition) is 5. The van der Waals surface area contributed by atoms with Gasteiger partial charge in [0.05, 0.1) is 18.3 Å². The summed E-state index contributed by atoms with van der Waals surface area (Å²) in [5, 5.41) is 19.4. The van der Waals surface area contributed by atoms with Crippen LogP contribution in [0.5, 0.6) is 0 Å². The number of ether oxygens (including phenoxy) is 1. The van der Waals surface area contributed by atoms with Gasteiger partial charge in [-0.05, 0) is 24.8 Å². The highest BCUT2D eigenvalue weighted by Crippen LogP contribution is 2.22. The molecule has 1 aromatic carbocycles. The first-order valence-corrected chi connectivity index (χ1v) is 9.10. The average Bonchev–Trinajstić information content (AvgIpc) is 2.83. The van der Waals surface area contributed by atoms with Crippen molar-refractivity contribution < 1.29 is 14.9 Å². The van der Waals surface area contributed by atoms with Crippen molar-refractivity contribution in [1.82, 2.24) is 9.80 Å². The third kappa shape index (κ3) is 5.01. The van der Waals surface area contributed by atoms with Crippen molar-refractivity contribution in [2.75, 3.05) is 45.9 Å². The summed E-state index contributed by atoms with van der Waals surface area (Å²) >= 11 is 0. The average molecular weight is 334 g/mol. The fraction of sp³-hybridized carbons (Fsp3) is 0.684. The van der Waals surface area contributed by atoms with Gasteiger partial charge in [0.1, 0.15) is 0 Å². The van der Waals surface area contributed by atoms with Gasteiger partial charge in [-0.2, -0.15) is 0 Å². The first kappa shape index (κ1) is 17.8. The molecule has 2 aliphatic heterocycles. The van der Waals surface area contributed by atoms with E-state index in [-0.39, 0.29) is 12.7 Å². The van der Waals surface area contributed by atoms with E-state index in [0.717, 1.165) is 52.3 Å². The van der Waals surface area contributed by atoms with Crippen LogP contribution in [0.25, 0.3) is 0 Å². The Bertz CT molecular complexity index is 489. The molecule has 0 radical (unpaired) electrons. The Kier molecular flexibility index (Phi) is 6.25. The van der Waals surface area contributed by atoms with Crippen molar-refractivity contribution in [3.8, 4) is 0 Å². The lowest BCUT2D eigenvalue weighted by Gasteiger charge is -2.38. The quantitative estimate of drug-likeness (QED) is 0.844. The predicted octanol–water partition coefficient (Wildman–Crippen LogP) is 1.10. The van der Waals surface area contributed by atoms with Crippen LogP contribution in [0.4, 0.5) is 0 Å². The van der Waals surface area contributed by atoms with E-state index in [1.807, 2.05) is 0 Å². The maximum atomic E-state index is 10.1. The van der Waals surface area contributed by atoms with Crippen LogP contribution in [0.15, 0.2) is 30.3 Å². The molecule has 0 amide bonds. The molecule has 2 heterocycles. The highest BCUT2D eigenvalue weighted by Gasteiger charge is 2.32. The van der Waals surface area contributed by atoms with Gasteiger partial charge >= 0.3 is 0 Å². The van der Waals surface area contributed by atoms with Crippen LogP contribution in [0.2, 0.25) is 0 Å². The Morgan fingerprint density at radius 2 is 1.83 bits per heavy atom. The van der Waals surface area contributed by atoms with Crippen molar-refractivity contribution in [3.05, 3.63) is 35.9 Å². The minimum absolute atomic E-state index is 0.133. The second-order valence-corrected chi connectivity index (χ2v) is 7.25. The van der Waals surface area contributed by atoms with Gasteiger partial charge in [-0.1, -0.05) is 30.3 Å². The van der Waals surface area contributed by atoms with Crippen LogP contribution >= 0.6 is 0 Å². The summed E-state index contributed by atoms with van der Waals surface area (Å²) in [6.45, 7) is 6.27. The molecule has 0 aromatic heterocycles. The largest absolute Gasteiger partial charge is 0.393 e. The van der Waals surface area contributed by atoms with E-state index in [1.54, 1.807) is 0 Å². The van der Waals surface area contributed by atoms with Crippen LogP contribution in [0.3, 0.4) is 0 Å². The molecule has 24 heavy (non-hydrogen) atoms. The fourth-order valence-electron chi connectivity index (χ4n) is 3.66. The number of piperidine rings is 1. The van der Waals surface area contributed by atoms with Crippen molar-refractivity contribution in [3.63, 3.8) is 0 Å². The number of nitrogens with zero attached hydrogens (tertiary/aromatic N) is 2. The van der Waals surface area contributed by atoms with Crippen LogP contribution in [0.1, 0.15) is 24.8 Å². The Morgan fingerprint density at radius 1 is 1.08 bits per heavy atom. The molecule has 134 valence electrons. The van der Waals surface area contributed by atoms with Gasteiger partial charge in [0.2, 0.25) is 0 Å². The minimum atomic E-state index is -0.875. The van der Waals surface area contributed by atoms with Gasteiger partial charge < -0.3 is 19.8 Å². The number of aliphatic hydroxyl groups is 2. The monoisotopic (exact) mass is 334 g/mol. The standard InChI is InChI=1S/C19H30N2O3/c22-16-19(23)7-10-20(11-8-19)14-18-15-21(9-4-12-24-18)13-17-5-2-1-3-6-17/h1-3,5-6,18,22-23H,4,7-16H2/t18-/m0/s1. The summed E-state index contributed by atoms with van der Waals surface area (Å²) < 4.78 is 6.06. The lowest BCUT2D eigenvalue weighted by atomic mass is 9.92. The summed E-state index contributed by atoms with van der Waals surface area (Å²) in [5.74, 6) is 0. The fourth-order valence-corrected chi connectivity index (χ4v) is 3.66. The highest BCUT2D eigenvalue weighted by molar-refractivity contribution is 5.14. The molecular weight excluding hydrogens is 304 g/mol. The summed E-state index contributed by atoms with van der Waals surface area (Å²) in [7, 11) is 0. The molecule has 5 nitrogen and oxygen atoms in total. The molecule has 0 unspecified atom stereocenters. The van der Waals surface area contributed by atoms with E-state index in [2.05, 4.69) is 40.1 Å². The molecule has 5 heteroatoms. The Labute approximate surface area is 144 Å². The Hall–Kier alpha value is -0.980. The van der Waals surface area contributed by atoms with E-state index in [0.29, 0.717) is 12.8 Å². The lowest BCUT2D eigenvalue weighted by Crippen LogP contribution is -2.49. The van der Waals surface area contributed by atoms with Gasteiger partial charge in [-0.3, -0.25) is 4.90 Å². The third-order valence-electron chi connectivity index (χ3n) is 5.23. The molecule has 0 saturated carbocycles. The van der Waals surface area contributed by atoms with Crippen molar-refractivity contribution in [2.24, 2.45) is 0 Å². The number of hydrogen-bond donors (Lipinski definition) is 2. The van der Waals surface area contributed by atoms with Crippen LogP contribution < -0.4 is 0 Å². The number of benzene rings is 1. The van der Waals surface area contributed by atoms with Crippen LogP contribution in [-0.2, 0) is 11.3 Å². The zero-order valence-corrected chi connectivity index (χ0v) is 14.4. The molecule has 3 rings (SSSR count). The highest BCUT2D eigenvalue weighted by atomic mass is 16.5. The number of rotatable bonds is 5. The Morgan fingerprint density at radius 3 is 2.54 bits per heavy atom. The van der Waals surface area contributed by atoms with Crippen LogP contribution in [0, 0.1) is 0 Å². The van der Waals surface area contributed by atoms with Gasteiger partial charge in [0.25, 0.3) is 0 Å².